The Morgan fingerprint density at radius 1 is 1.41 bits per heavy atom. The van der Waals surface area contributed by atoms with E-state index in [4.69, 9.17) is 0 Å². The van der Waals surface area contributed by atoms with Crippen molar-refractivity contribution in [1.82, 2.24) is 20.1 Å². The molecule has 0 aliphatic heterocycles. The summed E-state index contributed by atoms with van der Waals surface area (Å²) in [5, 5.41) is 9.47. The normalized spacial score (nSPS) is 10.7. The second-order valence-corrected chi connectivity index (χ2v) is 3.99. The van der Waals surface area contributed by atoms with E-state index in [1.54, 1.807) is 4.57 Å². The molecule has 5 heteroatoms. The molecule has 0 saturated carbocycles. The van der Waals surface area contributed by atoms with Crippen LogP contribution in [0.2, 0.25) is 0 Å². The third-order valence-corrected chi connectivity index (χ3v) is 2.76. The van der Waals surface area contributed by atoms with Gasteiger partial charge in [-0.2, -0.15) is 5.10 Å². The zero-order chi connectivity index (χ0) is 12.3. The van der Waals surface area contributed by atoms with Crippen LogP contribution in [0.15, 0.2) is 29.1 Å². The van der Waals surface area contributed by atoms with Gasteiger partial charge < -0.3 is 5.32 Å². The van der Waals surface area contributed by atoms with Gasteiger partial charge in [-0.1, -0.05) is 24.3 Å². The number of hydrogen-bond acceptors (Lipinski definition) is 3. The Kier molecular flexibility index (Phi) is 3.39. The highest BCUT2D eigenvalue weighted by Crippen LogP contribution is 2.08. The second-order valence-electron chi connectivity index (χ2n) is 3.99. The summed E-state index contributed by atoms with van der Waals surface area (Å²) in [6, 6.07) is 8.03. The lowest BCUT2D eigenvalue weighted by molar-refractivity contribution is 0.659. The van der Waals surface area contributed by atoms with Crippen LogP contribution in [0.1, 0.15) is 17.0 Å². The van der Waals surface area contributed by atoms with Crippen LogP contribution in [0.3, 0.4) is 0 Å². The standard InChI is InChI=1S/C12H16N4O/c1-9-5-3-4-6-10(9)8-16-11(7-13-2)14-15-12(16)17/h3-6,13H,7-8H2,1-2H3,(H,15,17). The van der Waals surface area contributed by atoms with Gasteiger partial charge in [0, 0.05) is 0 Å². The maximum Gasteiger partial charge on any atom is 0.343 e. The Labute approximate surface area is 99.5 Å². The summed E-state index contributed by atoms with van der Waals surface area (Å²) in [7, 11) is 1.83. The highest BCUT2D eigenvalue weighted by atomic mass is 16.1. The fraction of sp³-hybridized carbons (Fsp3) is 0.333. The maximum atomic E-state index is 11.6. The van der Waals surface area contributed by atoms with Crippen molar-refractivity contribution < 1.29 is 0 Å². The van der Waals surface area contributed by atoms with Crippen LogP contribution in [0.5, 0.6) is 0 Å². The molecule has 5 nitrogen and oxygen atoms in total. The topological polar surface area (TPSA) is 62.7 Å². The molecule has 2 aromatic rings. The smallest absolute Gasteiger partial charge is 0.313 e. The van der Waals surface area contributed by atoms with E-state index >= 15 is 0 Å². The molecule has 0 amide bonds. The molecule has 0 aliphatic rings. The SMILES string of the molecule is CNCc1n[nH]c(=O)n1Cc1ccccc1C. The Morgan fingerprint density at radius 2 is 2.18 bits per heavy atom. The Balaban J connectivity index is 2.33. The van der Waals surface area contributed by atoms with Gasteiger partial charge in [-0.15, -0.1) is 0 Å². The molecular weight excluding hydrogens is 216 g/mol. The zero-order valence-corrected chi connectivity index (χ0v) is 10.0. The van der Waals surface area contributed by atoms with E-state index in [1.165, 1.54) is 5.56 Å². The molecule has 0 spiro atoms. The molecule has 17 heavy (non-hydrogen) atoms. The predicted octanol–water partition coefficient (Wildman–Crippen LogP) is 0.648. The van der Waals surface area contributed by atoms with Gasteiger partial charge in [0.05, 0.1) is 13.1 Å². The van der Waals surface area contributed by atoms with Crippen molar-refractivity contribution >= 4 is 0 Å². The molecule has 2 rings (SSSR count). The van der Waals surface area contributed by atoms with E-state index < -0.39 is 0 Å². The van der Waals surface area contributed by atoms with Crippen LogP contribution >= 0.6 is 0 Å². The van der Waals surface area contributed by atoms with Crippen LogP contribution in [-0.2, 0) is 13.1 Å². The lowest BCUT2D eigenvalue weighted by Gasteiger charge is -2.07. The van der Waals surface area contributed by atoms with Crippen LogP contribution < -0.4 is 11.0 Å². The largest absolute Gasteiger partial charge is 0.343 e. The minimum atomic E-state index is -0.168. The Bertz CT molecular complexity index is 556. The molecule has 2 N–H and O–H groups in total. The summed E-state index contributed by atoms with van der Waals surface area (Å²) in [6.07, 6.45) is 0. The molecule has 1 aromatic heterocycles. The molecule has 0 atom stereocenters. The van der Waals surface area contributed by atoms with E-state index in [1.807, 2.05) is 38.2 Å². The summed E-state index contributed by atoms with van der Waals surface area (Å²) < 4.78 is 1.65. The lowest BCUT2D eigenvalue weighted by Crippen LogP contribution is -2.22. The third kappa shape index (κ3) is 2.45. The van der Waals surface area contributed by atoms with Gasteiger partial charge in [-0.05, 0) is 25.1 Å². The molecule has 0 aliphatic carbocycles. The molecule has 0 fully saturated rings. The number of nitrogens with one attached hydrogen (secondary N) is 2. The average molecular weight is 232 g/mol. The first-order valence-electron chi connectivity index (χ1n) is 5.55. The summed E-state index contributed by atoms with van der Waals surface area (Å²) in [5.74, 6) is 0.723. The van der Waals surface area contributed by atoms with Gasteiger partial charge in [-0.3, -0.25) is 4.57 Å². The fourth-order valence-corrected chi connectivity index (χ4v) is 1.76. The van der Waals surface area contributed by atoms with Crippen molar-refractivity contribution in [3.05, 3.63) is 51.7 Å². The minimum Gasteiger partial charge on any atom is -0.313 e. The number of rotatable bonds is 4. The van der Waals surface area contributed by atoms with Crippen molar-refractivity contribution in [3.63, 3.8) is 0 Å². The van der Waals surface area contributed by atoms with Gasteiger partial charge in [0.1, 0.15) is 5.82 Å². The Hall–Kier alpha value is -1.88. The number of aromatic amines is 1. The van der Waals surface area contributed by atoms with E-state index in [2.05, 4.69) is 15.5 Å². The number of aromatic nitrogens is 3. The van der Waals surface area contributed by atoms with Crippen LogP contribution in [0.4, 0.5) is 0 Å². The molecule has 1 heterocycles. The quantitative estimate of drug-likeness (QED) is 0.813. The number of H-pyrrole nitrogens is 1. The maximum absolute atomic E-state index is 11.6. The van der Waals surface area contributed by atoms with Crippen molar-refractivity contribution in [2.75, 3.05) is 7.05 Å². The molecule has 1 aromatic carbocycles. The summed E-state index contributed by atoms with van der Waals surface area (Å²) in [6.45, 7) is 3.17. The van der Waals surface area contributed by atoms with Gasteiger partial charge in [-0.25, -0.2) is 9.89 Å². The third-order valence-electron chi connectivity index (χ3n) is 2.76. The predicted molar refractivity (Wildman–Crippen MR) is 65.9 cm³/mol. The number of benzene rings is 1. The zero-order valence-electron chi connectivity index (χ0n) is 10.0. The van der Waals surface area contributed by atoms with Gasteiger partial charge >= 0.3 is 5.69 Å². The molecule has 0 saturated heterocycles. The summed E-state index contributed by atoms with van der Waals surface area (Å²) in [4.78, 5) is 11.6. The van der Waals surface area contributed by atoms with Crippen molar-refractivity contribution in [3.8, 4) is 0 Å². The Morgan fingerprint density at radius 3 is 2.88 bits per heavy atom. The van der Waals surface area contributed by atoms with Gasteiger partial charge in [0.15, 0.2) is 0 Å². The number of nitrogens with zero attached hydrogens (tertiary/aromatic N) is 2. The first kappa shape index (κ1) is 11.6. The fourth-order valence-electron chi connectivity index (χ4n) is 1.76. The van der Waals surface area contributed by atoms with Gasteiger partial charge in [0.25, 0.3) is 0 Å². The highest BCUT2D eigenvalue weighted by molar-refractivity contribution is 5.25. The van der Waals surface area contributed by atoms with Crippen molar-refractivity contribution in [2.45, 2.75) is 20.0 Å². The summed E-state index contributed by atoms with van der Waals surface area (Å²) in [5.41, 5.74) is 2.14. The van der Waals surface area contributed by atoms with E-state index in [9.17, 15) is 4.79 Å². The lowest BCUT2D eigenvalue weighted by atomic mass is 10.1. The number of hydrogen-bond donors (Lipinski definition) is 2. The van der Waals surface area contributed by atoms with Crippen LogP contribution in [0.25, 0.3) is 0 Å². The molecule has 90 valence electrons. The first-order chi connectivity index (χ1) is 8.22. The van der Waals surface area contributed by atoms with Gasteiger partial charge in [0.2, 0.25) is 0 Å². The van der Waals surface area contributed by atoms with Crippen LogP contribution in [-0.4, -0.2) is 21.8 Å². The van der Waals surface area contributed by atoms with Crippen LogP contribution in [0, 0.1) is 6.92 Å². The van der Waals surface area contributed by atoms with E-state index in [0.29, 0.717) is 13.1 Å². The molecule has 0 radical (unpaired) electrons. The number of aryl methyl sites for hydroxylation is 1. The van der Waals surface area contributed by atoms with Crippen molar-refractivity contribution in [2.24, 2.45) is 0 Å². The summed E-state index contributed by atoms with van der Waals surface area (Å²) >= 11 is 0. The molecular formula is C12H16N4O. The minimum absolute atomic E-state index is 0.168. The van der Waals surface area contributed by atoms with E-state index in [-0.39, 0.29) is 5.69 Å². The first-order valence-corrected chi connectivity index (χ1v) is 5.55. The second kappa shape index (κ2) is 4.97. The van der Waals surface area contributed by atoms with E-state index in [0.717, 1.165) is 11.4 Å². The average Bonchev–Trinajstić information content (AvgIpc) is 2.65. The molecule has 0 unspecified atom stereocenters. The molecule has 0 bridgehead atoms. The monoisotopic (exact) mass is 232 g/mol. The highest BCUT2D eigenvalue weighted by Gasteiger charge is 2.08. The van der Waals surface area contributed by atoms with Crippen molar-refractivity contribution in [1.29, 1.82) is 0 Å².